The third-order valence-corrected chi connectivity index (χ3v) is 2.84. The summed E-state index contributed by atoms with van der Waals surface area (Å²) in [6.45, 7) is 3.58. The standard InChI is InChI=1S/C13H18N4/c1-9-3-4-11(15)10-5-8-17-13(12(9)10)16-7-2-6-14/h3-5,8H,2,6-7,14-15H2,1H3,(H,16,17). The number of aryl methyl sites for hydroxylation is 1. The van der Waals surface area contributed by atoms with Gasteiger partial charge in [-0.25, -0.2) is 4.98 Å². The first-order chi connectivity index (χ1) is 8.24. The molecule has 0 bridgehead atoms. The van der Waals surface area contributed by atoms with Gasteiger partial charge in [0.1, 0.15) is 5.82 Å². The third kappa shape index (κ3) is 2.31. The Bertz CT molecular complexity index is 522. The second-order valence-corrected chi connectivity index (χ2v) is 4.12. The van der Waals surface area contributed by atoms with E-state index < -0.39 is 0 Å². The molecule has 0 aliphatic carbocycles. The molecule has 2 rings (SSSR count). The highest BCUT2D eigenvalue weighted by molar-refractivity contribution is 6.01. The largest absolute Gasteiger partial charge is 0.398 e. The summed E-state index contributed by atoms with van der Waals surface area (Å²) in [6, 6.07) is 5.90. The summed E-state index contributed by atoms with van der Waals surface area (Å²) in [5, 5.41) is 5.46. The molecule has 0 amide bonds. The summed E-state index contributed by atoms with van der Waals surface area (Å²) in [6.07, 6.45) is 2.71. The monoisotopic (exact) mass is 230 g/mol. The van der Waals surface area contributed by atoms with Crippen LogP contribution < -0.4 is 16.8 Å². The molecule has 0 saturated heterocycles. The summed E-state index contributed by atoms with van der Waals surface area (Å²) >= 11 is 0. The lowest BCUT2D eigenvalue weighted by molar-refractivity contribution is 0.871. The fraction of sp³-hybridized carbons (Fsp3) is 0.308. The number of aromatic nitrogens is 1. The van der Waals surface area contributed by atoms with Crippen molar-refractivity contribution in [2.75, 3.05) is 24.1 Å². The SMILES string of the molecule is Cc1ccc(N)c2ccnc(NCCCN)c12. The van der Waals surface area contributed by atoms with Crippen molar-refractivity contribution < 1.29 is 0 Å². The first kappa shape index (κ1) is 11.7. The van der Waals surface area contributed by atoms with Gasteiger partial charge in [0.15, 0.2) is 0 Å². The van der Waals surface area contributed by atoms with Crippen LogP contribution in [0.25, 0.3) is 10.8 Å². The molecular weight excluding hydrogens is 212 g/mol. The number of benzene rings is 1. The van der Waals surface area contributed by atoms with Crippen molar-refractivity contribution in [1.82, 2.24) is 4.98 Å². The van der Waals surface area contributed by atoms with Crippen LogP contribution in [0.5, 0.6) is 0 Å². The fourth-order valence-corrected chi connectivity index (χ4v) is 1.93. The predicted octanol–water partition coefficient (Wildman–Crippen LogP) is 1.89. The second-order valence-electron chi connectivity index (χ2n) is 4.12. The summed E-state index contributed by atoms with van der Waals surface area (Å²) in [5.74, 6) is 0.890. The number of nitrogens with one attached hydrogen (secondary N) is 1. The van der Waals surface area contributed by atoms with E-state index in [0.29, 0.717) is 6.54 Å². The molecule has 4 heteroatoms. The molecule has 4 nitrogen and oxygen atoms in total. The normalized spacial score (nSPS) is 10.7. The van der Waals surface area contributed by atoms with Crippen LogP contribution >= 0.6 is 0 Å². The summed E-state index contributed by atoms with van der Waals surface area (Å²) in [5.41, 5.74) is 13.4. The van der Waals surface area contributed by atoms with E-state index in [1.165, 1.54) is 5.56 Å². The fourth-order valence-electron chi connectivity index (χ4n) is 1.93. The smallest absolute Gasteiger partial charge is 0.134 e. The molecule has 17 heavy (non-hydrogen) atoms. The zero-order valence-electron chi connectivity index (χ0n) is 10.0. The molecule has 1 heterocycles. The minimum atomic E-state index is 0.679. The average molecular weight is 230 g/mol. The molecule has 0 unspecified atom stereocenters. The Kier molecular flexibility index (Phi) is 3.44. The molecule has 0 atom stereocenters. The van der Waals surface area contributed by atoms with E-state index >= 15 is 0 Å². The number of anilines is 2. The lowest BCUT2D eigenvalue weighted by Gasteiger charge is -2.11. The van der Waals surface area contributed by atoms with E-state index in [9.17, 15) is 0 Å². The molecule has 5 N–H and O–H groups in total. The maximum absolute atomic E-state index is 5.97. The molecule has 2 aromatic rings. The molecular formula is C13H18N4. The van der Waals surface area contributed by atoms with Gasteiger partial charge in [0.05, 0.1) is 0 Å². The van der Waals surface area contributed by atoms with Gasteiger partial charge in [-0.1, -0.05) is 6.07 Å². The lowest BCUT2D eigenvalue weighted by atomic mass is 10.1. The Morgan fingerprint density at radius 3 is 2.88 bits per heavy atom. The maximum atomic E-state index is 5.97. The Morgan fingerprint density at radius 2 is 2.12 bits per heavy atom. The number of nitrogens with zero attached hydrogens (tertiary/aromatic N) is 1. The highest BCUT2D eigenvalue weighted by Crippen LogP contribution is 2.28. The van der Waals surface area contributed by atoms with Crippen LogP contribution in [-0.2, 0) is 0 Å². The van der Waals surface area contributed by atoms with Crippen molar-refractivity contribution in [3.8, 4) is 0 Å². The van der Waals surface area contributed by atoms with Gasteiger partial charge in [-0.3, -0.25) is 0 Å². The number of rotatable bonds is 4. The topological polar surface area (TPSA) is 77.0 Å². The van der Waals surface area contributed by atoms with Crippen molar-refractivity contribution in [3.05, 3.63) is 30.0 Å². The molecule has 0 aliphatic rings. The molecule has 1 aromatic carbocycles. The van der Waals surface area contributed by atoms with Crippen LogP contribution in [0.15, 0.2) is 24.4 Å². The molecule has 0 fully saturated rings. The summed E-state index contributed by atoms with van der Waals surface area (Å²) in [7, 11) is 0. The van der Waals surface area contributed by atoms with Crippen molar-refractivity contribution in [2.24, 2.45) is 5.73 Å². The van der Waals surface area contributed by atoms with Crippen molar-refractivity contribution in [1.29, 1.82) is 0 Å². The van der Waals surface area contributed by atoms with Crippen LogP contribution in [0.3, 0.4) is 0 Å². The van der Waals surface area contributed by atoms with Crippen molar-refractivity contribution in [3.63, 3.8) is 0 Å². The van der Waals surface area contributed by atoms with E-state index in [1.807, 2.05) is 18.2 Å². The Balaban J connectivity index is 2.45. The Labute approximate surface area is 101 Å². The zero-order chi connectivity index (χ0) is 12.3. The summed E-state index contributed by atoms with van der Waals surface area (Å²) in [4.78, 5) is 4.37. The molecule has 90 valence electrons. The maximum Gasteiger partial charge on any atom is 0.134 e. The van der Waals surface area contributed by atoms with E-state index in [4.69, 9.17) is 11.5 Å². The zero-order valence-corrected chi connectivity index (χ0v) is 10.0. The van der Waals surface area contributed by atoms with Crippen LogP contribution in [-0.4, -0.2) is 18.1 Å². The van der Waals surface area contributed by atoms with E-state index in [1.54, 1.807) is 6.20 Å². The number of fused-ring (bicyclic) bond motifs is 1. The number of nitrogen functional groups attached to an aromatic ring is 1. The van der Waals surface area contributed by atoms with Crippen LogP contribution in [0.2, 0.25) is 0 Å². The number of hydrogen-bond donors (Lipinski definition) is 3. The lowest BCUT2D eigenvalue weighted by Crippen LogP contribution is -2.09. The Hall–Kier alpha value is -1.81. The van der Waals surface area contributed by atoms with Gasteiger partial charge >= 0.3 is 0 Å². The molecule has 1 aromatic heterocycles. The first-order valence-corrected chi connectivity index (χ1v) is 5.81. The van der Waals surface area contributed by atoms with Crippen molar-refractivity contribution in [2.45, 2.75) is 13.3 Å². The second kappa shape index (κ2) is 5.01. The quantitative estimate of drug-likeness (QED) is 0.553. The predicted molar refractivity (Wildman–Crippen MR) is 73.1 cm³/mol. The first-order valence-electron chi connectivity index (χ1n) is 5.81. The highest BCUT2D eigenvalue weighted by Gasteiger charge is 2.06. The number of pyridine rings is 1. The molecule has 0 saturated carbocycles. The summed E-state index contributed by atoms with van der Waals surface area (Å²) < 4.78 is 0. The van der Waals surface area contributed by atoms with E-state index in [-0.39, 0.29) is 0 Å². The average Bonchev–Trinajstić information content (AvgIpc) is 2.34. The molecule has 0 aliphatic heterocycles. The Morgan fingerprint density at radius 1 is 1.29 bits per heavy atom. The van der Waals surface area contributed by atoms with E-state index in [2.05, 4.69) is 17.2 Å². The van der Waals surface area contributed by atoms with Gasteiger partial charge in [0.25, 0.3) is 0 Å². The van der Waals surface area contributed by atoms with Crippen molar-refractivity contribution >= 4 is 22.3 Å². The number of nitrogens with two attached hydrogens (primary N) is 2. The third-order valence-electron chi connectivity index (χ3n) is 2.84. The minimum absolute atomic E-state index is 0.679. The van der Waals surface area contributed by atoms with Gasteiger partial charge < -0.3 is 16.8 Å². The van der Waals surface area contributed by atoms with Crippen LogP contribution in [0, 0.1) is 6.92 Å². The number of hydrogen-bond acceptors (Lipinski definition) is 4. The van der Waals surface area contributed by atoms with Gasteiger partial charge in [-0.05, 0) is 37.6 Å². The van der Waals surface area contributed by atoms with Crippen LogP contribution in [0.4, 0.5) is 11.5 Å². The van der Waals surface area contributed by atoms with Gasteiger partial charge in [-0.15, -0.1) is 0 Å². The van der Waals surface area contributed by atoms with Gasteiger partial charge in [0, 0.05) is 29.2 Å². The highest BCUT2D eigenvalue weighted by atomic mass is 15.0. The van der Waals surface area contributed by atoms with Gasteiger partial charge in [-0.2, -0.15) is 0 Å². The molecule has 0 radical (unpaired) electrons. The van der Waals surface area contributed by atoms with Crippen LogP contribution in [0.1, 0.15) is 12.0 Å². The van der Waals surface area contributed by atoms with Gasteiger partial charge in [0.2, 0.25) is 0 Å². The minimum Gasteiger partial charge on any atom is -0.398 e. The molecule has 0 spiro atoms. The van der Waals surface area contributed by atoms with E-state index in [0.717, 1.165) is 35.2 Å².